The molecule has 0 aliphatic rings. The topological polar surface area (TPSA) is 23.8 Å². The number of halogens is 2. The number of thiophene rings is 1. The molecule has 4 heteroatoms. The molecule has 0 bridgehead atoms. The Morgan fingerprint density at radius 3 is 2.93 bits per heavy atom. The highest BCUT2D eigenvalue weighted by Gasteiger charge is 2.10. The number of hydrogen-bond donors (Lipinski definition) is 0. The molecule has 1 aromatic heterocycles. The molecular formula is C10H5Br2NS. The van der Waals surface area contributed by atoms with Gasteiger partial charge in [-0.15, -0.1) is 11.3 Å². The van der Waals surface area contributed by atoms with E-state index in [-0.39, 0.29) is 0 Å². The molecule has 0 spiro atoms. The van der Waals surface area contributed by atoms with Gasteiger partial charge in [-0.3, -0.25) is 0 Å². The average Bonchev–Trinajstić information content (AvgIpc) is 2.66. The van der Waals surface area contributed by atoms with Gasteiger partial charge in [0.1, 0.15) is 6.07 Å². The number of nitrogens with zero attached hydrogens (tertiary/aromatic N) is 1. The molecule has 0 saturated carbocycles. The summed E-state index contributed by atoms with van der Waals surface area (Å²) in [6.45, 7) is 0. The largest absolute Gasteiger partial charge is 0.192 e. The molecule has 1 nitrogen and oxygen atoms in total. The van der Waals surface area contributed by atoms with E-state index < -0.39 is 0 Å². The predicted molar refractivity (Wildman–Crippen MR) is 66.9 cm³/mol. The van der Waals surface area contributed by atoms with Crippen LogP contribution in [0.15, 0.2) is 22.0 Å². The summed E-state index contributed by atoms with van der Waals surface area (Å²) in [6.07, 6.45) is 0. The highest BCUT2D eigenvalue weighted by molar-refractivity contribution is 9.10. The second kappa shape index (κ2) is 4.01. The molecule has 0 aliphatic carbocycles. The second-order valence-corrected chi connectivity index (χ2v) is 5.13. The fourth-order valence-electron chi connectivity index (χ4n) is 1.39. The van der Waals surface area contributed by atoms with Crippen molar-refractivity contribution in [3.8, 4) is 6.07 Å². The molecule has 1 heterocycles. The summed E-state index contributed by atoms with van der Waals surface area (Å²) in [5, 5.41) is 12.8. The molecule has 0 unspecified atom stereocenters. The summed E-state index contributed by atoms with van der Waals surface area (Å²) in [4.78, 5) is 0. The van der Waals surface area contributed by atoms with Crippen molar-refractivity contribution < 1.29 is 0 Å². The van der Waals surface area contributed by atoms with Crippen molar-refractivity contribution in [2.75, 3.05) is 0 Å². The third-order valence-corrected chi connectivity index (χ3v) is 4.47. The summed E-state index contributed by atoms with van der Waals surface area (Å²) in [5.74, 6) is 0. The number of rotatable bonds is 1. The van der Waals surface area contributed by atoms with Crippen molar-refractivity contribution in [1.29, 1.82) is 5.26 Å². The van der Waals surface area contributed by atoms with Gasteiger partial charge in [-0.2, -0.15) is 5.26 Å². The molecule has 70 valence electrons. The molecular weight excluding hydrogens is 326 g/mol. The smallest absolute Gasteiger partial charge is 0.100 e. The monoisotopic (exact) mass is 329 g/mol. The van der Waals surface area contributed by atoms with E-state index in [1.165, 1.54) is 0 Å². The van der Waals surface area contributed by atoms with E-state index in [9.17, 15) is 0 Å². The molecule has 14 heavy (non-hydrogen) atoms. The van der Waals surface area contributed by atoms with Crippen LogP contribution >= 0.6 is 43.2 Å². The van der Waals surface area contributed by atoms with Crippen molar-refractivity contribution in [3.05, 3.63) is 33.1 Å². The molecule has 0 amide bonds. The Kier molecular flexibility index (Phi) is 2.91. The van der Waals surface area contributed by atoms with Gasteiger partial charge in [0.05, 0.1) is 5.56 Å². The van der Waals surface area contributed by atoms with E-state index in [0.717, 1.165) is 25.7 Å². The van der Waals surface area contributed by atoms with Crippen LogP contribution in [-0.4, -0.2) is 0 Å². The van der Waals surface area contributed by atoms with Crippen LogP contribution < -0.4 is 0 Å². The highest BCUT2D eigenvalue weighted by atomic mass is 79.9. The Labute approximate surface area is 103 Å². The van der Waals surface area contributed by atoms with Gasteiger partial charge in [-0.25, -0.2) is 0 Å². The van der Waals surface area contributed by atoms with Crippen LogP contribution in [0.2, 0.25) is 0 Å². The van der Waals surface area contributed by atoms with E-state index in [1.807, 2.05) is 17.5 Å². The third kappa shape index (κ3) is 1.50. The number of fused-ring (bicyclic) bond motifs is 1. The first-order chi connectivity index (χ1) is 6.77. The molecule has 0 N–H and O–H groups in total. The van der Waals surface area contributed by atoms with Crippen molar-refractivity contribution in [1.82, 2.24) is 0 Å². The number of alkyl halides is 1. The number of hydrogen-bond acceptors (Lipinski definition) is 2. The van der Waals surface area contributed by atoms with Crippen LogP contribution in [0.4, 0.5) is 0 Å². The number of benzene rings is 1. The first-order valence-electron chi connectivity index (χ1n) is 3.92. The zero-order chi connectivity index (χ0) is 10.1. The van der Waals surface area contributed by atoms with Crippen LogP contribution in [0.3, 0.4) is 0 Å². The summed E-state index contributed by atoms with van der Waals surface area (Å²) >= 11 is 8.55. The van der Waals surface area contributed by atoms with Gasteiger partial charge in [0.25, 0.3) is 0 Å². The molecule has 2 rings (SSSR count). The minimum atomic E-state index is 0.709. The van der Waals surface area contributed by atoms with E-state index in [2.05, 4.69) is 37.9 Å². The van der Waals surface area contributed by atoms with Crippen LogP contribution in [0.5, 0.6) is 0 Å². The van der Waals surface area contributed by atoms with Gasteiger partial charge >= 0.3 is 0 Å². The van der Waals surface area contributed by atoms with Crippen LogP contribution in [0.25, 0.3) is 10.1 Å². The minimum Gasteiger partial charge on any atom is -0.192 e. The SMILES string of the molecule is N#Cc1c(CBr)cc(Br)c2sccc12. The van der Waals surface area contributed by atoms with Crippen LogP contribution in [-0.2, 0) is 5.33 Å². The van der Waals surface area contributed by atoms with E-state index in [4.69, 9.17) is 5.26 Å². The highest BCUT2D eigenvalue weighted by Crippen LogP contribution is 2.34. The van der Waals surface area contributed by atoms with Gasteiger partial charge in [-0.05, 0) is 39.0 Å². The first-order valence-corrected chi connectivity index (χ1v) is 6.72. The van der Waals surface area contributed by atoms with Gasteiger partial charge in [-0.1, -0.05) is 15.9 Å². The fourth-order valence-corrected chi connectivity index (χ4v) is 3.41. The molecule has 1 aromatic carbocycles. The van der Waals surface area contributed by atoms with Gasteiger partial charge in [0, 0.05) is 19.9 Å². The Morgan fingerprint density at radius 2 is 2.29 bits per heavy atom. The van der Waals surface area contributed by atoms with Crippen molar-refractivity contribution in [2.24, 2.45) is 0 Å². The van der Waals surface area contributed by atoms with Crippen molar-refractivity contribution >= 4 is 53.3 Å². The normalized spacial score (nSPS) is 10.4. The first kappa shape index (κ1) is 10.2. The Balaban J connectivity index is 2.91. The van der Waals surface area contributed by atoms with E-state index in [0.29, 0.717) is 5.33 Å². The Hall–Kier alpha value is -0.370. The molecule has 0 saturated heterocycles. The zero-order valence-electron chi connectivity index (χ0n) is 7.05. The lowest BCUT2D eigenvalue weighted by atomic mass is 10.1. The standard InChI is InChI=1S/C10H5Br2NS/c11-4-6-3-9(12)10-7(1-2-14-10)8(6)5-13/h1-3H,4H2. The lowest BCUT2D eigenvalue weighted by Gasteiger charge is -2.03. The van der Waals surface area contributed by atoms with Gasteiger partial charge in [0.15, 0.2) is 0 Å². The van der Waals surface area contributed by atoms with Crippen LogP contribution in [0, 0.1) is 11.3 Å². The number of nitriles is 1. The second-order valence-electron chi connectivity index (χ2n) is 2.80. The quantitative estimate of drug-likeness (QED) is 0.709. The zero-order valence-corrected chi connectivity index (χ0v) is 11.0. The molecule has 0 aliphatic heterocycles. The molecule has 0 fully saturated rings. The van der Waals surface area contributed by atoms with E-state index in [1.54, 1.807) is 11.3 Å². The third-order valence-electron chi connectivity index (χ3n) is 2.03. The van der Waals surface area contributed by atoms with Gasteiger partial charge < -0.3 is 0 Å². The Morgan fingerprint density at radius 1 is 1.50 bits per heavy atom. The molecule has 0 atom stereocenters. The molecule has 0 radical (unpaired) electrons. The lowest BCUT2D eigenvalue weighted by Crippen LogP contribution is -1.86. The van der Waals surface area contributed by atoms with Gasteiger partial charge in [0.2, 0.25) is 0 Å². The van der Waals surface area contributed by atoms with Crippen molar-refractivity contribution in [2.45, 2.75) is 5.33 Å². The minimum absolute atomic E-state index is 0.709. The summed E-state index contributed by atoms with van der Waals surface area (Å²) < 4.78 is 2.21. The lowest BCUT2D eigenvalue weighted by molar-refractivity contribution is 1.40. The maximum atomic E-state index is 9.08. The summed E-state index contributed by atoms with van der Waals surface area (Å²) in [5.41, 5.74) is 1.81. The Bertz CT molecular complexity index is 525. The average molecular weight is 331 g/mol. The fraction of sp³-hybridized carbons (Fsp3) is 0.100. The molecule has 2 aromatic rings. The van der Waals surface area contributed by atoms with E-state index >= 15 is 0 Å². The van der Waals surface area contributed by atoms with Crippen LogP contribution in [0.1, 0.15) is 11.1 Å². The van der Waals surface area contributed by atoms with Crippen molar-refractivity contribution in [3.63, 3.8) is 0 Å². The summed E-state index contributed by atoms with van der Waals surface area (Å²) in [6, 6.07) is 6.26. The summed E-state index contributed by atoms with van der Waals surface area (Å²) in [7, 11) is 0. The maximum Gasteiger partial charge on any atom is 0.100 e. The maximum absolute atomic E-state index is 9.08. The predicted octanol–water partition coefficient (Wildman–Crippen LogP) is 4.43.